The number of unbranched alkanes of at least 4 members (excludes halogenated alkanes) is 1. The molecule has 0 heterocycles. The quantitative estimate of drug-likeness (QED) is 0.0413. The van der Waals surface area contributed by atoms with E-state index in [0.717, 1.165) is 32.1 Å². The van der Waals surface area contributed by atoms with E-state index >= 15 is 0 Å². The summed E-state index contributed by atoms with van der Waals surface area (Å²) in [5, 5.41) is 21.5. The molecule has 0 unspecified atom stereocenters. The lowest BCUT2D eigenvalue weighted by Crippen LogP contribution is -2.49. The first-order chi connectivity index (χ1) is 26.0. The largest absolute Gasteiger partial charge is 0.507 e. The van der Waals surface area contributed by atoms with E-state index in [1.54, 1.807) is 13.8 Å². The fourth-order valence-electron chi connectivity index (χ4n) is 4.80. The van der Waals surface area contributed by atoms with Gasteiger partial charge in [0.05, 0.1) is 6.42 Å². The number of hydrogen-bond acceptors (Lipinski definition) is 9. The summed E-state index contributed by atoms with van der Waals surface area (Å²) in [5.74, 6) is -4.87. The van der Waals surface area contributed by atoms with Crippen LogP contribution in [0.3, 0.4) is 0 Å². The minimum atomic E-state index is -1.53. The monoisotopic (exact) mass is 743 g/mol. The number of carboxylic acids is 1. The van der Waals surface area contributed by atoms with Gasteiger partial charge < -0.3 is 29.7 Å². The van der Waals surface area contributed by atoms with Crippen molar-refractivity contribution in [2.45, 2.75) is 84.7 Å². The van der Waals surface area contributed by atoms with Crippen LogP contribution in [0.2, 0.25) is 0 Å². The summed E-state index contributed by atoms with van der Waals surface area (Å²) in [5.41, 5.74) is -1.58. The van der Waals surface area contributed by atoms with Crippen LogP contribution >= 0.6 is 0 Å². The predicted octanol–water partition coefficient (Wildman–Crippen LogP) is 8.22. The summed E-state index contributed by atoms with van der Waals surface area (Å²) >= 11 is 0. The van der Waals surface area contributed by atoms with Gasteiger partial charge in [-0.15, -0.1) is 0 Å². The van der Waals surface area contributed by atoms with Gasteiger partial charge in [0.1, 0.15) is 29.2 Å². The molecule has 0 aliphatic heterocycles. The Hall–Kier alpha value is -5.71. The van der Waals surface area contributed by atoms with E-state index < -0.39 is 41.3 Å². The van der Waals surface area contributed by atoms with Gasteiger partial charge in [-0.05, 0) is 69.2 Å². The Morgan fingerprint density at radius 3 is 1.89 bits per heavy atom. The number of nitrogens with one attached hydrogen (secondary N) is 1. The van der Waals surface area contributed by atoms with E-state index in [9.17, 15) is 29.1 Å². The number of carbonyl (C=O) groups excluding carboxylic acids is 4. The van der Waals surface area contributed by atoms with Crippen molar-refractivity contribution in [3.63, 3.8) is 0 Å². The van der Waals surface area contributed by atoms with Crippen LogP contribution in [-0.4, -0.2) is 59.3 Å². The molecular weight excluding hydrogens is 690 g/mol. The molecule has 0 saturated carbocycles. The van der Waals surface area contributed by atoms with Gasteiger partial charge in [-0.3, -0.25) is 14.4 Å². The molecule has 1 atom stereocenters. The average molecular weight is 744 g/mol. The van der Waals surface area contributed by atoms with Gasteiger partial charge in [-0.2, -0.15) is 0 Å². The van der Waals surface area contributed by atoms with Crippen LogP contribution in [0.15, 0.2) is 109 Å². The lowest BCUT2D eigenvalue weighted by molar-refractivity contribution is -0.153. The van der Waals surface area contributed by atoms with E-state index in [4.69, 9.17) is 19.3 Å². The molecule has 0 spiro atoms. The van der Waals surface area contributed by atoms with Gasteiger partial charge in [0.2, 0.25) is 0 Å². The van der Waals surface area contributed by atoms with Crippen molar-refractivity contribution in [3.05, 3.63) is 120 Å². The highest BCUT2D eigenvalue weighted by molar-refractivity contribution is 5.98. The number of hydrogen-bond donors (Lipinski definition) is 3. The number of carbonyl (C=O) groups is 5. The maximum absolute atomic E-state index is 13.5. The zero-order valence-corrected chi connectivity index (χ0v) is 31.4. The lowest BCUT2D eigenvalue weighted by Gasteiger charge is -2.32. The molecular formula is C43H53NO10. The van der Waals surface area contributed by atoms with Crippen LogP contribution in [0.5, 0.6) is 11.5 Å². The van der Waals surface area contributed by atoms with Crippen molar-refractivity contribution in [2.24, 2.45) is 5.41 Å². The molecule has 0 radical (unpaired) electrons. The van der Waals surface area contributed by atoms with Gasteiger partial charge in [0.25, 0.3) is 5.91 Å². The summed E-state index contributed by atoms with van der Waals surface area (Å²) in [7, 11) is 0. The number of ether oxygens (including phenoxy) is 3. The molecule has 0 aliphatic rings. The molecule has 0 saturated heterocycles. The van der Waals surface area contributed by atoms with Gasteiger partial charge in [0, 0.05) is 18.4 Å². The van der Waals surface area contributed by atoms with Gasteiger partial charge in [-0.1, -0.05) is 106 Å². The van der Waals surface area contributed by atoms with Crippen molar-refractivity contribution in [2.75, 3.05) is 13.2 Å². The molecule has 0 bridgehead atoms. The normalized spacial score (nSPS) is 12.5. The van der Waals surface area contributed by atoms with Crippen molar-refractivity contribution >= 4 is 29.8 Å². The highest BCUT2D eigenvalue weighted by Crippen LogP contribution is 2.29. The Morgan fingerprint density at radius 2 is 1.30 bits per heavy atom. The summed E-state index contributed by atoms with van der Waals surface area (Å²) in [4.78, 5) is 63.1. The zero-order chi connectivity index (χ0) is 39.6. The van der Waals surface area contributed by atoms with Crippen LogP contribution in [0.4, 0.5) is 0 Å². The molecule has 290 valence electrons. The number of benzene rings is 2. The maximum Gasteiger partial charge on any atom is 0.347 e. The topological polar surface area (TPSA) is 166 Å². The first-order valence-corrected chi connectivity index (χ1v) is 18.2. The van der Waals surface area contributed by atoms with Crippen molar-refractivity contribution < 1.29 is 48.4 Å². The Kier molecular flexibility index (Phi) is 20.8. The minimum Gasteiger partial charge on any atom is -0.507 e. The number of phenols is 1. The SMILES string of the molecule is CCC=CCC=CCC=CCC=CCC=CCCCC(=O)OCC(C)(C)[C@@H](OC(=O)c1ccccc1OC(=O)c1ccccc1O)C(=O)NCCC(=O)O. The van der Waals surface area contributed by atoms with E-state index in [2.05, 4.69) is 60.8 Å². The highest BCUT2D eigenvalue weighted by Gasteiger charge is 2.40. The number of amides is 1. The first-order valence-electron chi connectivity index (χ1n) is 18.2. The van der Waals surface area contributed by atoms with Gasteiger partial charge in [-0.25, -0.2) is 9.59 Å². The molecule has 11 nitrogen and oxygen atoms in total. The fraction of sp³-hybridized carbons (Fsp3) is 0.372. The van der Waals surface area contributed by atoms with Crippen LogP contribution in [0.1, 0.15) is 99.3 Å². The predicted molar refractivity (Wildman–Crippen MR) is 207 cm³/mol. The number of esters is 3. The van der Waals surface area contributed by atoms with E-state index in [-0.39, 0.29) is 48.6 Å². The van der Waals surface area contributed by atoms with Crippen LogP contribution in [-0.2, 0) is 23.9 Å². The van der Waals surface area contributed by atoms with Crippen molar-refractivity contribution in [3.8, 4) is 11.5 Å². The standard InChI is InChI=1S/C43H53NO10/c1-4-5-6-7-8-9-10-11-12-13-14-15-16-17-18-19-20-29-38(48)52-32-43(2,3)39(40(49)44-31-30-37(46)47)54-42(51)34-26-22-24-28-36(34)53-41(50)33-25-21-23-27-35(33)45/h5-6,8-9,11-12,14-15,17-18,21-28,39,45H,4,7,10,13,16,19-20,29-32H2,1-3H3,(H,44,49)(H,46,47)/t39-/m0/s1. The maximum atomic E-state index is 13.5. The second-order valence-corrected chi connectivity index (χ2v) is 12.9. The summed E-state index contributed by atoms with van der Waals surface area (Å²) in [6.45, 7) is 4.73. The van der Waals surface area contributed by atoms with E-state index in [1.165, 1.54) is 48.5 Å². The third-order valence-corrected chi connectivity index (χ3v) is 7.76. The molecule has 0 aliphatic carbocycles. The number of aliphatic carboxylic acids is 1. The number of para-hydroxylation sites is 2. The number of carboxylic acid groups (broad SMARTS) is 1. The second kappa shape index (κ2) is 25.3. The third kappa shape index (κ3) is 17.7. The van der Waals surface area contributed by atoms with Crippen LogP contribution in [0.25, 0.3) is 0 Å². The highest BCUT2D eigenvalue weighted by atomic mass is 16.6. The molecule has 11 heteroatoms. The average Bonchev–Trinajstić information content (AvgIpc) is 3.14. The summed E-state index contributed by atoms with van der Waals surface area (Å²) in [6.07, 6.45) is 25.2. The molecule has 0 aromatic heterocycles. The van der Waals surface area contributed by atoms with Crippen molar-refractivity contribution in [1.29, 1.82) is 0 Å². The lowest BCUT2D eigenvalue weighted by atomic mass is 9.86. The molecule has 2 aromatic carbocycles. The van der Waals surface area contributed by atoms with Crippen LogP contribution in [0, 0.1) is 5.41 Å². The number of aromatic hydroxyl groups is 1. The van der Waals surface area contributed by atoms with E-state index in [0.29, 0.717) is 12.8 Å². The zero-order valence-electron chi connectivity index (χ0n) is 31.4. The third-order valence-electron chi connectivity index (χ3n) is 7.76. The Morgan fingerprint density at radius 1 is 0.741 bits per heavy atom. The Bertz CT molecular complexity index is 1670. The number of rotatable bonds is 24. The molecule has 1 amide bonds. The molecule has 0 fully saturated rings. The van der Waals surface area contributed by atoms with Crippen molar-refractivity contribution in [1.82, 2.24) is 5.32 Å². The second-order valence-electron chi connectivity index (χ2n) is 12.9. The molecule has 2 rings (SSSR count). The van der Waals surface area contributed by atoms with Gasteiger partial charge >= 0.3 is 23.9 Å². The van der Waals surface area contributed by atoms with E-state index in [1.807, 2.05) is 12.2 Å². The Balaban J connectivity index is 1.92. The molecule has 54 heavy (non-hydrogen) atoms. The summed E-state index contributed by atoms with van der Waals surface area (Å²) in [6, 6.07) is 11.4. The fourth-order valence-corrected chi connectivity index (χ4v) is 4.80. The number of allylic oxidation sites excluding steroid dienone is 10. The molecule has 3 N–H and O–H groups in total. The first kappa shape index (κ1) is 44.5. The van der Waals surface area contributed by atoms with Gasteiger partial charge in [0.15, 0.2) is 6.10 Å². The Labute approximate surface area is 318 Å². The smallest absolute Gasteiger partial charge is 0.347 e. The number of phenolic OH excluding ortho intramolecular Hbond substituents is 1. The molecule has 2 aromatic rings. The summed E-state index contributed by atoms with van der Waals surface area (Å²) < 4.78 is 16.5. The van der Waals surface area contributed by atoms with Crippen LogP contribution < -0.4 is 10.1 Å². The minimum absolute atomic E-state index is 0.128.